The first-order valence-electron chi connectivity index (χ1n) is 7.89. The molecule has 7 heteroatoms. The van der Waals surface area contributed by atoms with Gasteiger partial charge < -0.3 is 15.8 Å². The summed E-state index contributed by atoms with van der Waals surface area (Å²) >= 11 is 1.47. The summed E-state index contributed by atoms with van der Waals surface area (Å²) in [7, 11) is 0. The lowest BCUT2D eigenvalue weighted by Gasteiger charge is -2.27. The van der Waals surface area contributed by atoms with Gasteiger partial charge in [0, 0.05) is 31.6 Å². The fraction of sp³-hybridized carbons (Fsp3) is 0.733. The number of carbonyl (C=O) groups excluding carboxylic acids is 1. The van der Waals surface area contributed by atoms with E-state index in [0.717, 1.165) is 51.4 Å². The van der Waals surface area contributed by atoms with Crippen molar-refractivity contribution in [3.63, 3.8) is 0 Å². The number of morpholine rings is 1. The van der Waals surface area contributed by atoms with Crippen LogP contribution in [0, 0.1) is 5.41 Å². The van der Waals surface area contributed by atoms with E-state index < -0.39 is 5.41 Å². The van der Waals surface area contributed by atoms with E-state index in [2.05, 4.69) is 15.2 Å². The molecule has 2 heterocycles. The third-order valence-electron chi connectivity index (χ3n) is 4.49. The van der Waals surface area contributed by atoms with Gasteiger partial charge in [0.25, 0.3) is 0 Å². The molecule has 1 fully saturated rings. The van der Waals surface area contributed by atoms with Crippen molar-refractivity contribution in [2.75, 3.05) is 38.2 Å². The molecule has 1 saturated heterocycles. The van der Waals surface area contributed by atoms with Crippen molar-refractivity contribution in [1.82, 2.24) is 9.88 Å². The van der Waals surface area contributed by atoms with Crippen LogP contribution in [0.1, 0.15) is 32.4 Å². The standard InChI is InChI=1S/C15H26N4O2S/c1-3-15(4-2,11-16)13(20)18-14-17-12(10-22-14)9-19-5-7-21-8-6-19/h10H,3-9,11,16H2,1-2H3,(H,17,18,20). The van der Waals surface area contributed by atoms with Crippen molar-refractivity contribution in [3.05, 3.63) is 11.1 Å². The highest BCUT2D eigenvalue weighted by molar-refractivity contribution is 7.13. The third-order valence-corrected chi connectivity index (χ3v) is 5.29. The second-order valence-corrected chi connectivity index (χ2v) is 6.54. The summed E-state index contributed by atoms with van der Waals surface area (Å²) in [5, 5.41) is 5.61. The van der Waals surface area contributed by atoms with Crippen molar-refractivity contribution >= 4 is 22.4 Å². The molecule has 22 heavy (non-hydrogen) atoms. The summed E-state index contributed by atoms with van der Waals surface area (Å²) in [5.74, 6) is -0.0210. The minimum absolute atomic E-state index is 0.0210. The number of rotatable bonds is 7. The molecule has 0 radical (unpaired) electrons. The maximum absolute atomic E-state index is 12.5. The van der Waals surface area contributed by atoms with Crippen LogP contribution in [0.2, 0.25) is 0 Å². The summed E-state index contributed by atoms with van der Waals surface area (Å²) in [6.45, 7) is 8.59. The molecular weight excluding hydrogens is 300 g/mol. The maximum atomic E-state index is 12.5. The molecule has 0 bridgehead atoms. The van der Waals surface area contributed by atoms with Crippen LogP contribution in [0.4, 0.5) is 5.13 Å². The van der Waals surface area contributed by atoms with Crippen molar-refractivity contribution in [1.29, 1.82) is 0 Å². The first-order valence-corrected chi connectivity index (χ1v) is 8.77. The van der Waals surface area contributed by atoms with Crippen LogP contribution in [0.15, 0.2) is 5.38 Å². The fourth-order valence-electron chi connectivity index (χ4n) is 2.61. The molecule has 2 rings (SSSR count). The zero-order valence-corrected chi connectivity index (χ0v) is 14.2. The molecule has 0 spiro atoms. The average molecular weight is 326 g/mol. The zero-order chi connectivity index (χ0) is 16.0. The molecule has 0 unspecified atom stereocenters. The van der Waals surface area contributed by atoms with E-state index in [-0.39, 0.29) is 5.91 Å². The molecule has 0 saturated carbocycles. The molecule has 1 aromatic rings. The number of amides is 1. The number of anilines is 1. The van der Waals surface area contributed by atoms with Gasteiger partial charge in [0.1, 0.15) is 0 Å². The van der Waals surface area contributed by atoms with E-state index in [1.54, 1.807) is 0 Å². The Kier molecular flexibility index (Phi) is 6.31. The van der Waals surface area contributed by atoms with Crippen molar-refractivity contribution < 1.29 is 9.53 Å². The van der Waals surface area contributed by atoms with Gasteiger partial charge in [-0.05, 0) is 12.8 Å². The summed E-state index contributed by atoms with van der Waals surface area (Å²) in [6.07, 6.45) is 1.47. The SMILES string of the molecule is CCC(CC)(CN)C(=O)Nc1nc(CN2CCOCC2)cs1. The summed E-state index contributed by atoms with van der Waals surface area (Å²) in [6, 6.07) is 0. The van der Waals surface area contributed by atoms with Gasteiger partial charge in [-0.25, -0.2) is 4.98 Å². The molecule has 0 atom stereocenters. The second-order valence-electron chi connectivity index (χ2n) is 5.68. The van der Waals surface area contributed by atoms with Crippen molar-refractivity contribution in [3.8, 4) is 0 Å². The Labute approximate surface area is 136 Å². The number of nitrogens with two attached hydrogens (primary N) is 1. The van der Waals surface area contributed by atoms with Crippen LogP contribution in [0.5, 0.6) is 0 Å². The number of hydrogen-bond acceptors (Lipinski definition) is 6. The van der Waals surface area contributed by atoms with E-state index in [1.165, 1.54) is 11.3 Å². The van der Waals surface area contributed by atoms with E-state index in [9.17, 15) is 4.79 Å². The summed E-state index contributed by atoms with van der Waals surface area (Å²) in [4.78, 5) is 19.3. The number of hydrogen-bond donors (Lipinski definition) is 2. The van der Waals surface area contributed by atoms with Gasteiger partial charge >= 0.3 is 0 Å². The number of carbonyl (C=O) groups is 1. The maximum Gasteiger partial charge on any atom is 0.233 e. The minimum Gasteiger partial charge on any atom is -0.379 e. The monoisotopic (exact) mass is 326 g/mol. The Hall–Kier alpha value is -1.02. The number of ether oxygens (including phenoxy) is 1. The Morgan fingerprint density at radius 1 is 1.45 bits per heavy atom. The second kappa shape index (κ2) is 8.01. The van der Waals surface area contributed by atoms with E-state index in [4.69, 9.17) is 10.5 Å². The number of nitrogens with one attached hydrogen (secondary N) is 1. The Balaban J connectivity index is 1.94. The number of nitrogens with zero attached hydrogens (tertiary/aromatic N) is 2. The summed E-state index contributed by atoms with van der Waals surface area (Å²) < 4.78 is 5.34. The van der Waals surface area contributed by atoms with Gasteiger partial charge in [-0.3, -0.25) is 9.69 Å². The Bertz CT molecular complexity index is 473. The number of aromatic nitrogens is 1. The minimum atomic E-state index is -0.490. The van der Waals surface area contributed by atoms with E-state index >= 15 is 0 Å². The Morgan fingerprint density at radius 2 is 2.14 bits per heavy atom. The molecule has 0 aromatic carbocycles. The van der Waals surface area contributed by atoms with Crippen molar-refractivity contribution in [2.24, 2.45) is 11.1 Å². The van der Waals surface area contributed by atoms with Crippen LogP contribution in [-0.2, 0) is 16.1 Å². The van der Waals surface area contributed by atoms with Crippen LogP contribution in [-0.4, -0.2) is 48.6 Å². The lowest BCUT2D eigenvalue weighted by Crippen LogP contribution is -2.41. The molecule has 1 aliphatic heterocycles. The fourth-order valence-corrected chi connectivity index (χ4v) is 3.30. The van der Waals surface area contributed by atoms with Crippen LogP contribution < -0.4 is 11.1 Å². The van der Waals surface area contributed by atoms with Gasteiger partial charge in [-0.2, -0.15) is 0 Å². The van der Waals surface area contributed by atoms with E-state index in [0.29, 0.717) is 11.7 Å². The third kappa shape index (κ3) is 4.04. The van der Waals surface area contributed by atoms with Gasteiger partial charge in [-0.15, -0.1) is 11.3 Å². The first-order chi connectivity index (χ1) is 10.6. The van der Waals surface area contributed by atoms with Gasteiger partial charge in [0.15, 0.2) is 5.13 Å². The van der Waals surface area contributed by atoms with E-state index in [1.807, 2.05) is 19.2 Å². The highest BCUT2D eigenvalue weighted by atomic mass is 32.1. The predicted molar refractivity (Wildman–Crippen MR) is 88.9 cm³/mol. The molecule has 3 N–H and O–H groups in total. The van der Waals surface area contributed by atoms with Crippen LogP contribution in [0.25, 0.3) is 0 Å². The van der Waals surface area contributed by atoms with Gasteiger partial charge in [-0.1, -0.05) is 13.8 Å². The summed E-state index contributed by atoms with van der Waals surface area (Å²) in [5.41, 5.74) is 6.32. The van der Waals surface area contributed by atoms with Gasteiger partial charge in [0.2, 0.25) is 5.91 Å². The molecule has 1 aromatic heterocycles. The molecule has 124 valence electrons. The highest BCUT2D eigenvalue weighted by Crippen LogP contribution is 2.28. The van der Waals surface area contributed by atoms with Gasteiger partial charge in [0.05, 0.1) is 24.3 Å². The smallest absolute Gasteiger partial charge is 0.233 e. The normalized spacial score (nSPS) is 16.7. The quantitative estimate of drug-likeness (QED) is 0.797. The van der Waals surface area contributed by atoms with Crippen molar-refractivity contribution in [2.45, 2.75) is 33.2 Å². The molecule has 1 aliphatic rings. The first kappa shape index (κ1) is 17.3. The highest BCUT2D eigenvalue weighted by Gasteiger charge is 2.33. The molecule has 1 amide bonds. The lowest BCUT2D eigenvalue weighted by atomic mass is 9.81. The zero-order valence-electron chi connectivity index (χ0n) is 13.4. The molecule has 6 nitrogen and oxygen atoms in total. The molecule has 0 aliphatic carbocycles. The lowest BCUT2D eigenvalue weighted by molar-refractivity contribution is -0.125. The number of thiazole rings is 1. The topological polar surface area (TPSA) is 80.5 Å². The largest absolute Gasteiger partial charge is 0.379 e. The van der Waals surface area contributed by atoms with Crippen LogP contribution >= 0.6 is 11.3 Å². The molecular formula is C15H26N4O2S. The van der Waals surface area contributed by atoms with Crippen LogP contribution in [0.3, 0.4) is 0 Å². The Morgan fingerprint density at radius 3 is 2.73 bits per heavy atom. The predicted octanol–water partition coefficient (Wildman–Crippen LogP) is 1.68. The average Bonchev–Trinajstić information content (AvgIpc) is 2.97.